The van der Waals surface area contributed by atoms with Crippen LogP contribution in [-0.2, 0) is 5.41 Å². The summed E-state index contributed by atoms with van der Waals surface area (Å²) >= 11 is 3.40. The van der Waals surface area contributed by atoms with E-state index in [1.54, 1.807) is 12.4 Å². The van der Waals surface area contributed by atoms with E-state index >= 15 is 0 Å². The maximum Gasteiger partial charge on any atom is 0.234 e. The highest BCUT2D eigenvalue weighted by Gasteiger charge is 2.39. The van der Waals surface area contributed by atoms with Gasteiger partial charge in [-0.2, -0.15) is 4.98 Å². The van der Waals surface area contributed by atoms with E-state index in [2.05, 4.69) is 43.3 Å². The van der Waals surface area contributed by atoms with Crippen molar-refractivity contribution in [1.29, 1.82) is 0 Å². The largest absolute Gasteiger partial charge is 0.338 e. The third-order valence-electron chi connectivity index (χ3n) is 3.76. The number of nitrogens with zero attached hydrogens (tertiary/aromatic N) is 3. The molecule has 1 unspecified atom stereocenters. The van der Waals surface area contributed by atoms with E-state index in [0.717, 1.165) is 41.9 Å². The van der Waals surface area contributed by atoms with Gasteiger partial charge in [-0.3, -0.25) is 4.98 Å². The zero-order valence-electron chi connectivity index (χ0n) is 10.7. The van der Waals surface area contributed by atoms with E-state index in [0.29, 0.717) is 5.82 Å². The summed E-state index contributed by atoms with van der Waals surface area (Å²) in [5.74, 6) is 1.33. The molecule has 1 fully saturated rings. The van der Waals surface area contributed by atoms with Gasteiger partial charge in [0.2, 0.25) is 11.7 Å². The van der Waals surface area contributed by atoms with E-state index in [4.69, 9.17) is 4.52 Å². The number of nitrogens with one attached hydrogen (secondary N) is 1. The van der Waals surface area contributed by atoms with Crippen molar-refractivity contribution in [2.45, 2.75) is 25.2 Å². The SMILES string of the molecule is CCC1(c2nc(-c3cncc(Br)c3)no2)CCNC1. The van der Waals surface area contributed by atoms with E-state index in [9.17, 15) is 0 Å². The second-order valence-corrected chi connectivity index (χ2v) is 5.79. The Morgan fingerprint density at radius 3 is 3.05 bits per heavy atom. The average Bonchev–Trinajstić information content (AvgIpc) is 3.08. The maximum atomic E-state index is 5.49. The summed E-state index contributed by atoms with van der Waals surface area (Å²) in [6.07, 6.45) is 5.52. The number of halogens is 1. The third-order valence-corrected chi connectivity index (χ3v) is 4.20. The number of aromatic nitrogens is 3. The Morgan fingerprint density at radius 2 is 2.37 bits per heavy atom. The van der Waals surface area contributed by atoms with Crippen molar-refractivity contribution in [3.63, 3.8) is 0 Å². The molecule has 0 saturated carbocycles. The first-order valence-electron chi connectivity index (χ1n) is 6.39. The second-order valence-electron chi connectivity index (χ2n) is 4.88. The van der Waals surface area contributed by atoms with E-state index in [1.165, 1.54) is 0 Å². The lowest BCUT2D eigenvalue weighted by Gasteiger charge is -2.20. The minimum atomic E-state index is -0.00924. The Bertz CT molecular complexity index is 578. The van der Waals surface area contributed by atoms with Crippen molar-refractivity contribution < 1.29 is 4.52 Å². The maximum absolute atomic E-state index is 5.49. The molecule has 0 radical (unpaired) electrons. The van der Waals surface area contributed by atoms with Crippen LogP contribution >= 0.6 is 15.9 Å². The van der Waals surface area contributed by atoms with Gasteiger partial charge in [-0.25, -0.2) is 0 Å². The predicted molar refractivity (Wildman–Crippen MR) is 74.7 cm³/mol. The normalized spacial score (nSPS) is 22.8. The summed E-state index contributed by atoms with van der Waals surface area (Å²) in [4.78, 5) is 8.69. The van der Waals surface area contributed by atoms with Gasteiger partial charge in [0.1, 0.15) is 0 Å². The summed E-state index contributed by atoms with van der Waals surface area (Å²) < 4.78 is 6.40. The summed E-state index contributed by atoms with van der Waals surface area (Å²) in [5.41, 5.74) is 0.853. The van der Waals surface area contributed by atoms with Gasteiger partial charge in [0.05, 0.1) is 5.41 Å². The van der Waals surface area contributed by atoms with Gasteiger partial charge >= 0.3 is 0 Å². The van der Waals surface area contributed by atoms with E-state index in [1.807, 2.05) is 6.07 Å². The molecule has 2 aromatic heterocycles. The van der Waals surface area contributed by atoms with Gasteiger partial charge in [0.25, 0.3) is 0 Å². The Hall–Kier alpha value is -1.27. The number of rotatable bonds is 3. The number of pyridine rings is 1. The third kappa shape index (κ3) is 2.30. The summed E-state index contributed by atoms with van der Waals surface area (Å²) in [5, 5.41) is 7.46. The van der Waals surface area contributed by atoms with Crippen molar-refractivity contribution in [2.75, 3.05) is 13.1 Å². The molecule has 0 bridgehead atoms. The zero-order valence-corrected chi connectivity index (χ0v) is 12.3. The van der Waals surface area contributed by atoms with Crippen LogP contribution in [0.15, 0.2) is 27.5 Å². The molecule has 3 heterocycles. The molecule has 1 aliphatic heterocycles. The first-order chi connectivity index (χ1) is 9.23. The topological polar surface area (TPSA) is 63.8 Å². The molecule has 1 N–H and O–H groups in total. The molecule has 1 saturated heterocycles. The first-order valence-corrected chi connectivity index (χ1v) is 7.19. The molecule has 6 heteroatoms. The highest BCUT2D eigenvalue weighted by molar-refractivity contribution is 9.10. The molecule has 1 atom stereocenters. The highest BCUT2D eigenvalue weighted by atomic mass is 79.9. The predicted octanol–water partition coefficient (Wildman–Crippen LogP) is 2.54. The minimum absolute atomic E-state index is 0.00924. The lowest BCUT2D eigenvalue weighted by Crippen LogP contribution is -2.28. The molecular weight excluding hydrogens is 308 g/mol. The molecule has 5 nitrogen and oxygen atoms in total. The molecule has 0 aromatic carbocycles. The van der Waals surface area contributed by atoms with Gasteiger partial charge < -0.3 is 9.84 Å². The van der Waals surface area contributed by atoms with Gasteiger partial charge in [-0.05, 0) is 41.4 Å². The molecule has 19 heavy (non-hydrogen) atoms. The van der Waals surface area contributed by atoms with Crippen LogP contribution in [0.1, 0.15) is 25.7 Å². The zero-order chi connectivity index (χ0) is 13.3. The van der Waals surface area contributed by atoms with Crippen molar-refractivity contribution in [2.24, 2.45) is 0 Å². The molecule has 1 aliphatic rings. The molecule has 100 valence electrons. The van der Waals surface area contributed by atoms with Crippen molar-refractivity contribution in [3.8, 4) is 11.4 Å². The summed E-state index contributed by atoms with van der Waals surface area (Å²) in [7, 11) is 0. The molecule has 2 aromatic rings. The Kier molecular flexibility index (Phi) is 3.36. The molecule has 0 amide bonds. The number of hydrogen-bond acceptors (Lipinski definition) is 5. The van der Waals surface area contributed by atoms with Crippen LogP contribution in [0.3, 0.4) is 0 Å². The second kappa shape index (κ2) is 5.02. The van der Waals surface area contributed by atoms with Crippen LogP contribution in [-0.4, -0.2) is 28.2 Å². The summed E-state index contributed by atoms with van der Waals surface area (Å²) in [6.45, 7) is 4.07. The fourth-order valence-corrected chi connectivity index (χ4v) is 2.83. The van der Waals surface area contributed by atoms with Crippen LogP contribution in [0, 0.1) is 0 Å². The van der Waals surface area contributed by atoms with Gasteiger partial charge in [-0.1, -0.05) is 12.1 Å². The lowest BCUT2D eigenvalue weighted by molar-refractivity contribution is 0.285. The Balaban J connectivity index is 1.95. The van der Waals surface area contributed by atoms with Crippen molar-refractivity contribution >= 4 is 15.9 Å². The van der Waals surface area contributed by atoms with E-state index in [-0.39, 0.29) is 5.41 Å². The average molecular weight is 323 g/mol. The Labute approximate surface area is 119 Å². The van der Waals surface area contributed by atoms with Gasteiger partial charge in [0, 0.05) is 29.0 Å². The van der Waals surface area contributed by atoms with Crippen molar-refractivity contribution in [1.82, 2.24) is 20.4 Å². The highest BCUT2D eigenvalue weighted by Crippen LogP contribution is 2.34. The fourth-order valence-electron chi connectivity index (χ4n) is 2.47. The summed E-state index contributed by atoms with van der Waals surface area (Å²) in [6, 6.07) is 1.94. The van der Waals surface area contributed by atoms with Crippen LogP contribution in [0.4, 0.5) is 0 Å². The first kappa shape index (κ1) is 12.7. The Morgan fingerprint density at radius 1 is 1.47 bits per heavy atom. The lowest BCUT2D eigenvalue weighted by atomic mass is 9.84. The van der Waals surface area contributed by atoms with Crippen molar-refractivity contribution in [3.05, 3.63) is 28.8 Å². The monoisotopic (exact) mass is 322 g/mol. The quantitative estimate of drug-likeness (QED) is 0.940. The van der Waals surface area contributed by atoms with Crippen LogP contribution in [0.5, 0.6) is 0 Å². The van der Waals surface area contributed by atoms with Gasteiger partial charge in [-0.15, -0.1) is 0 Å². The molecular formula is C13H15BrN4O. The molecule has 0 aliphatic carbocycles. The standard InChI is InChI=1S/C13H15BrN4O/c1-2-13(3-4-15-8-13)12-17-11(18-19-12)9-5-10(14)7-16-6-9/h5-7,15H,2-4,8H2,1H3. The fraction of sp³-hybridized carbons (Fsp3) is 0.462. The molecule has 0 spiro atoms. The van der Waals surface area contributed by atoms with Crippen LogP contribution in [0.2, 0.25) is 0 Å². The van der Waals surface area contributed by atoms with E-state index < -0.39 is 0 Å². The van der Waals surface area contributed by atoms with Crippen LogP contribution < -0.4 is 5.32 Å². The van der Waals surface area contributed by atoms with Gasteiger partial charge in [0.15, 0.2) is 0 Å². The minimum Gasteiger partial charge on any atom is -0.338 e. The smallest absolute Gasteiger partial charge is 0.234 e. The van der Waals surface area contributed by atoms with Crippen LogP contribution in [0.25, 0.3) is 11.4 Å². The number of hydrogen-bond donors (Lipinski definition) is 1. The molecule has 3 rings (SSSR count).